The summed E-state index contributed by atoms with van der Waals surface area (Å²) in [6, 6.07) is 8.46. The molecule has 0 N–H and O–H groups in total. The first-order chi connectivity index (χ1) is 8.06. The first-order valence-corrected chi connectivity index (χ1v) is 5.65. The van der Waals surface area contributed by atoms with Crippen molar-refractivity contribution in [2.24, 2.45) is 0 Å². The molecule has 3 heteroatoms. The molecule has 0 aliphatic rings. The molecule has 92 valence electrons. The van der Waals surface area contributed by atoms with E-state index in [2.05, 4.69) is 6.58 Å². The Labute approximate surface area is 101 Å². The molecular weight excluding hydrogens is 219 g/mol. The van der Waals surface area contributed by atoms with Crippen LogP contribution < -0.4 is 0 Å². The molecular formula is C14H17FO2. The Morgan fingerprint density at radius 3 is 2.53 bits per heavy atom. The van der Waals surface area contributed by atoms with Crippen molar-refractivity contribution in [3.63, 3.8) is 0 Å². The van der Waals surface area contributed by atoms with E-state index in [0.29, 0.717) is 12.0 Å². The molecule has 1 aromatic carbocycles. The van der Waals surface area contributed by atoms with Crippen LogP contribution in [0.2, 0.25) is 0 Å². The van der Waals surface area contributed by atoms with Crippen molar-refractivity contribution < 1.29 is 13.9 Å². The zero-order valence-electron chi connectivity index (χ0n) is 10.2. The average molecular weight is 236 g/mol. The Bertz CT molecular complexity index is 386. The molecule has 2 nitrogen and oxygen atoms in total. The first-order valence-electron chi connectivity index (χ1n) is 5.65. The van der Waals surface area contributed by atoms with Crippen molar-refractivity contribution in [2.75, 3.05) is 0 Å². The van der Waals surface area contributed by atoms with Crippen LogP contribution in [-0.2, 0) is 9.53 Å². The van der Waals surface area contributed by atoms with E-state index in [4.69, 9.17) is 4.74 Å². The molecule has 0 amide bonds. The summed E-state index contributed by atoms with van der Waals surface area (Å²) in [4.78, 5) is 11.6. The third-order valence-electron chi connectivity index (χ3n) is 2.54. The standard InChI is InChI=1S/C14H17FO2/c1-4-10(2)17-14(16)11(3)13(15)12-8-6-5-7-9-12/h5-10,13H,3-4H2,1-2H3. The summed E-state index contributed by atoms with van der Waals surface area (Å²) in [5, 5.41) is 0. The lowest BCUT2D eigenvalue weighted by atomic mass is 10.0. The quantitative estimate of drug-likeness (QED) is 0.576. The van der Waals surface area contributed by atoms with Gasteiger partial charge >= 0.3 is 5.97 Å². The highest BCUT2D eigenvalue weighted by Crippen LogP contribution is 2.25. The largest absolute Gasteiger partial charge is 0.459 e. The summed E-state index contributed by atoms with van der Waals surface area (Å²) in [6.07, 6.45) is -1.03. The maximum absolute atomic E-state index is 13.9. The van der Waals surface area contributed by atoms with Crippen molar-refractivity contribution >= 4 is 5.97 Å². The van der Waals surface area contributed by atoms with Gasteiger partial charge in [-0.2, -0.15) is 0 Å². The molecule has 17 heavy (non-hydrogen) atoms. The molecule has 0 spiro atoms. The minimum absolute atomic E-state index is 0.156. The van der Waals surface area contributed by atoms with Gasteiger partial charge in [0.15, 0.2) is 6.17 Å². The van der Waals surface area contributed by atoms with E-state index in [-0.39, 0.29) is 11.7 Å². The molecule has 0 aliphatic heterocycles. The van der Waals surface area contributed by atoms with Crippen LogP contribution in [0.5, 0.6) is 0 Å². The highest BCUT2D eigenvalue weighted by atomic mass is 19.1. The number of alkyl halides is 1. The van der Waals surface area contributed by atoms with E-state index in [0.717, 1.165) is 0 Å². The normalized spacial score (nSPS) is 13.8. The lowest BCUT2D eigenvalue weighted by Gasteiger charge is -2.14. The van der Waals surface area contributed by atoms with E-state index < -0.39 is 12.1 Å². The van der Waals surface area contributed by atoms with Crippen molar-refractivity contribution in [1.82, 2.24) is 0 Å². The maximum Gasteiger partial charge on any atom is 0.336 e. The number of carbonyl (C=O) groups excluding carboxylic acids is 1. The molecule has 2 unspecified atom stereocenters. The van der Waals surface area contributed by atoms with Gasteiger partial charge in [0.2, 0.25) is 0 Å². The number of hydrogen-bond donors (Lipinski definition) is 0. The third-order valence-corrected chi connectivity index (χ3v) is 2.54. The highest BCUT2D eigenvalue weighted by molar-refractivity contribution is 5.89. The summed E-state index contributed by atoms with van der Waals surface area (Å²) in [5.41, 5.74) is 0.259. The SMILES string of the molecule is C=C(C(=O)OC(C)CC)C(F)c1ccccc1. The number of benzene rings is 1. The van der Waals surface area contributed by atoms with Gasteiger partial charge in [-0.1, -0.05) is 43.8 Å². The number of rotatable bonds is 5. The molecule has 2 atom stereocenters. The Morgan fingerprint density at radius 2 is 2.00 bits per heavy atom. The fourth-order valence-electron chi connectivity index (χ4n) is 1.27. The summed E-state index contributed by atoms with van der Waals surface area (Å²) in [6.45, 7) is 7.13. The number of carbonyl (C=O) groups is 1. The monoisotopic (exact) mass is 236 g/mol. The molecule has 0 fully saturated rings. The predicted molar refractivity (Wildman–Crippen MR) is 65.3 cm³/mol. The zero-order chi connectivity index (χ0) is 12.8. The third kappa shape index (κ3) is 3.70. The van der Waals surface area contributed by atoms with Gasteiger partial charge in [0, 0.05) is 0 Å². The van der Waals surface area contributed by atoms with E-state index in [1.807, 2.05) is 6.92 Å². The Morgan fingerprint density at radius 1 is 1.41 bits per heavy atom. The highest BCUT2D eigenvalue weighted by Gasteiger charge is 2.22. The predicted octanol–water partition coefficient (Wildman–Crippen LogP) is 3.60. The van der Waals surface area contributed by atoms with Gasteiger partial charge in [-0.15, -0.1) is 0 Å². The van der Waals surface area contributed by atoms with E-state index in [1.165, 1.54) is 0 Å². The Balaban J connectivity index is 2.67. The molecule has 0 aromatic heterocycles. The fraction of sp³-hybridized carbons (Fsp3) is 0.357. The van der Waals surface area contributed by atoms with Crippen LogP contribution in [-0.4, -0.2) is 12.1 Å². The molecule has 0 saturated heterocycles. The summed E-state index contributed by atoms with van der Waals surface area (Å²) < 4.78 is 19.0. The van der Waals surface area contributed by atoms with Crippen LogP contribution in [0.1, 0.15) is 32.0 Å². The van der Waals surface area contributed by atoms with Crippen LogP contribution in [0.25, 0.3) is 0 Å². The van der Waals surface area contributed by atoms with Gasteiger partial charge < -0.3 is 4.74 Å². The second-order valence-electron chi connectivity index (χ2n) is 3.92. The Kier molecular flexibility index (Phi) is 4.88. The van der Waals surface area contributed by atoms with Gasteiger partial charge in [0.25, 0.3) is 0 Å². The maximum atomic E-state index is 13.9. The van der Waals surface area contributed by atoms with Crippen LogP contribution in [0, 0.1) is 0 Å². The van der Waals surface area contributed by atoms with Crippen LogP contribution in [0.15, 0.2) is 42.5 Å². The lowest BCUT2D eigenvalue weighted by molar-refractivity contribution is -0.144. The minimum Gasteiger partial charge on any atom is -0.459 e. The number of hydrogen-bond acceptors (Lipinski definition) is 2. The topological polar surface area (TPSA) is 26.3 Å². The summed E-state index contributed by atoms with van der Waals surface area (Å²) >= 11 is 0. The number of ether oxygens (including phenoxy) is 1. The Hall–Kier alpha value is -1.64. The van der Waals surface area contributed by atoms with Crippen LogP contribution in [0.4, 0.5) is 4.39 Å². The van der Waals surface area contributed by atoms with Gasteiger partial charge in [0.1, 0.15) is 0 Å². The molecule has 1 rings (SSSR count). The van der Waals surface area contributed by atoms with Crippen LogP contribution in [0.3, 0.4) is 0 Å². The minimum atomic E-state index is -1.51. The summed E-state index contributed by atoms with van der Waals surface area (Å²) in [7, 11) is 0. The fourth-order valence-corrected chi connectivity index (χ4v) is 1.27. The second kappa shape index (κ2) is 6.18. The number of halogens is 1. The summed E-state index contributed by atoms with van der Waals surface area (Å²) in [5.74, 6) is -0.671. The average Bonchev–Trinajstić information content (AvgIpc) is 2.37. The second-order valence-corrected chi connectivity index (χ2v) is 3.92. The van der Waals surface area contributed by atoms with Crippen molar-refractivity contribution in [2.45, 2.75) is 32.5 Å². The van der Waals surface area contributed by atoms with Crippen molar-refractivity contribution in [1.29, 1.82) is 0 Å². The molecule has 0 aliphatic carbocycles. The van der Waals surface area contributed by atoms with E-state index in [1.54, 1.807) is 37.3 Å². The molecule has 0 heterocycles. The lowest BCUT2D eigenvalue weighted by Crippen LogP contribution is -2.17. The number of esters is 1. The molecule has 1 aromatic rings. The van der Waals surface area contributed by atoms with Gasteiger partial charge in [0.05, 0.1) is 11.7 Å². The van der Waals surface area contributed by atoms with Gasteiger partial charge in [-0.3, -0.25) is 0 Å². The molecule has 0 bridgehead atoms. The zero-order valence-corrected chi connectivity index (χ0v) is 10.2. The van der Waals surface area contributed by atoms with Crippen molar-refractivity contribution in [3.8, 4) is 0 Å². The van der Waals surface area contributed by atoms with Crippen molar-refractivity contribution in [3.05, 3.63) is 48.0 Å². The molecule has 0 radical (unpaired) electrons. The molecule has 0 saturated carbocycles. The van der Waals surface area contributed by atoms with Gasteiger partial charge in [-0.25, -0.2) is 9.18 Å². The van der Waals surface area contributed by atoms with E-state index >= 15 is 0 Å². The van der Waals surface area contributed by atoms with Crippen LogP contribution >= 0.6 is 0 Å². The smallest absolute Gasteiger partial charge is 0.336 e. The first kappa shape index (κ1) is 13.4. The van der Waals surface area contributed by atoms with E-state index in [9.17, 15) is 9.18 Å². The van der Waals surface area contributed by atoms with Gasteiger partial charge in [-0.05, 0) is 18.9 Å².